The third-order valence-electron chi connectivity index (χ3n) is 5.20. The Balaban J connectivity index is 1.54. The predicted molar refractivity (Wildman–Crippen MR) is 91.7 cm³/mol. The van der Waals surface area contributed by atoms with Crippen molar-refractivity contribution in [3.8, 4) is 5.75 Å². The maximum Gasteiger partial charge on any atom is 0.258 e. The molecule has 3 N–H and O–H groups in total. The molecule has 2 atom stereocenters. The number of benzene rings is 1. The van der Waals surface area contributed by atoms with Crippen molar-refractivity contribution >= 4 is 17.5 Å². The van der Waals surface area contributed by atoms with E-state index in [1.54, 1.807) is 12.1 Å². The number of hydrogen-bond donors (Lipinski definition) is 2. The fourth-order valence-corrected chi connectivity index (χ4v) is 4.23. The number of ether oxygens (including phenoxy) is 1. The molecular formula is C18H25ClN2O2. The molecule has 5 heteroatoms. The van der Waals surface area contributed by atoms with Crippen LogP contribution in [0.3, 0.4) is 0 Å². The summed E-state index contributed by atoms with van der Waals surface area (Å²) in [6.45, 7) is 1.96. The van der Waals surface area contributed by atoms with E-state index in [1.807, 2.05) is 13.0 Å². The van der Waals surface area contributed by atoms with E-state index < -0.39 is 0 Å². The normalized spacial score (nSPS) is 29.9. The SMILES string of the molecule is Cc1cc(OCC(=O)NC2C3CCCC2CC(N)C3)ccc1Cl. The molecule has 0 aliphatic heterocycles. The van der Waals surface area contributed by atoms with Crippen LogP contribution >= 0.6 is 11.6 Å². The zero-order valence-electron chi connectivity index (χ0n) is 13.6. The molecule has 2 unspecified atom stereocenters. The zero-order chi connectivity index (χ0) is 16.4. The van der Waals surface area contributed by atoms with E-state index in [4.69, 9.17) is 22.1 Å². The quantitative estimate of drug-likeness (QED) is 0.888. The Morgan fingerprint density at radius 2 is 2.04 bits per heavy atom. The van der Waals surface area contributed by atoms with Crippen molar-refractivity contribution in [3.05, 3.63) is 28.8 Å². The molecule has 1 amide bonds. The van der Waals surface area contributed by atoms with Gasteiger partial charge in [0.1, 0.15) is 5.75 Å². The molecule has 3 rings (SSSR count). The lowest BCUT2D eigenvalue weighted by Crippen LogP contribution is -2.54. The molecule has 0 spiro atoms. The Kier molecular flexibility index (Phi) is 5.12. The van der Waals surface area contributed by atoms with E-state index in [0.29, 0.717) is 28.6 Å². The van der Waals surface area contributed by atoms with Crippen LogP contribution in [0, 0.1) is 18.8 Å². The standard InChI is InChI=1S/C18H25ClN2O2/c1-11-7-15(5-6-16(11)19)23-10-17(22)21-18-12-3-2-4-13(18)9-14(20)8-12/h5-7,12-14,18H,2-4,8-10,20H2,1H3,(H,21,22). The molecule has 2 saturated carbocycles. The van der Waals surface area contributed by atoms with Gasteiger partial charge in [0.2, 0.25) is 0 Å². The number of carbonyl (C=O) groups is 1. The summed E-state index contributed by atoms with van der Waals surface area (Å²) in [6, 6.07) is 6.00. The molecule has 0 saturated heterocycles. The van der Waals surface area contributed by atoms with Gasteiger partial charge >= 0.3 is 0 Å². The molecule has 4 nitrogen and oxygen atoms in total. The first-order chi connectivity index (χ1) is 11.0. The maximum atomic E-state index is 12.3. The van der Waals surface area contributed by atoms with Gasteiger partial charge in [-0.05, 0) is 68.2 Å². The Hall–Kier alpha value is -1.26. The molecule has 2 aliphatic carbocycles. The fourth-order valence-electron chi connectivity index (χ4n) is 4.11. The largest absolute Gasteiger partial charge is 0.484 e. The molecule has 1 aromatic carbocycles. The molecule has 2 aliphatic rings. The minimum atomic E-state index is -0.0463. The second-order valence-corrected chi connectivity index (χ2v) is 7.38. The molecule has 1 aromatic rings. The van der Waals surface area contributed by atoms with E-state index in [1.165, 1.54) is 19.3 Å². The molecule has 0 aromatic heterocycles. The van der Waals surface area contributed by atoms with E-state index in [-0.39, 0.29) is 18.6 Å². The number of amides is 1. The monoisotopic (exact) mass is 336 g/mol. The van der Waals surface area contributed by atoms with E-state index in [9.17, 15) is 4.79 Å². The highest BCUT2D eigenvalue weighted by molar-refractivity contribution is 6.31. The highest BCUT2D eigenvalue weighted by Gasteiger charge is 2.39. The second kappa shape index (κ2) is 7.10. The molecule has 0 radical (unpaired) electrons. The topological polar surface area (TPSA) is 64.3 Å². The van der Waals surface area contributed by atoms with Crippen LogP contribution < -0.4 is 15.8 Å². The van der Waals surface area contributed by atoms with Gasteiger partial charge in [0.15, 0.2) is 6.61 Å². The number of nitrogens with two attached hydrogens (primary N) is 1. The maximum absolute atomic E-state index is 12.3. The third-order valence-corrected chi connectivity index (χ3v) is 5.63. The lowest BCUT2D eigenvalue weighted by Gasteiger charge is -2.45. The molecule has 2 fully saturated rings. The fraction of sp³-hybridized carbons (Fsp3) is 0.611. The van der Waals surface area contributed by atoms with E-state index >= 15 is 0 Å². The van der Waals surface area contributed by atoms with Crippen molar-refractivity contribution < 1.29 is 9.53 Å². The highest BCUT2D eigenvalue weighted by Crippen LogP contribution is 2.39. The van der Waals surface area contributed by atoms with Crippen molar-refractivity contribution in [2.75, 3.05) is 6.61 Å². The van der Waals surface area contributed by atoms with Gasteiger partial charge in [-0.15, -0.1) is 0 Å². The summed E-state index contributed by atoms with van der Waals surface area (Å²) in [6.07, 6.45) is 5.66. The van der Waals surface area contributed by atoms with Gasteiger partial charge in [0.05, 0.1) is 0 Å². The Labute approximate surface area is 142 Å². The van der Waals surface area contributed by atoms with Gasteiger partial charge in [-0.3, -0.25) is 4.79 Å². The lowest BCUT2D eigenvalue weighted by atomic mass is 9.67. The Bertz CT molecular complexity index is 564. The third kappa shape index (κ3) is 3.99. The van der Waals surface area contributed by atoms with Gasteiger partial charge < -0.3 is 15.8 Å². The average Bonchev–Trinajstić information content (AvgIpc) is 2.49. The van der Waals surface area contributed by atoms with Crippen molar-refractivity contribution in [2.45, 2.75) is 51.1 Å². The van der Waals surface area contributed by atoms with Crippen LogP contribution in [-0.4, -0.2) is 24.6 Å². The van der Waals surface area contributed by atoms with Crippen LogP contribution in [0.1, 0.15) is 37.7 Å². The van der Waals surface area contributed by atoms with E-state index in [0.717, 1.165) is 18.4 Å². The smallest absolute Gasteiger partial charge is 0.258 e. The first kappa shape index (κ1) is 16.6. The number of fused-ring (bicyclic) bond motifs is 2. The summed E-state index contributed by atoms with van der Waals surface area (Å²) < 4.78 is 5.59. The lowest BCUT2D eigenvalue weighted by molar-refractivity contribution is -0.125. The molecular weight excluding hydrogens is 312 g/mol. The summed E-state index contributed by atoms with van der Waals surface area (Å²) in [4.78, 5) is 12.3. The van der Waals surface area contributed by atoms with Crippen LogP contribution in [0.25, 0.3) is 0 Å². The molecule has 126 valence electrons. The summed E-state index contributed by atoms with van der Waals surface area (Å²) >= 11 is 5.99. The number of halogens is 1. The Morgan fingerprint density at radius 3 is 2.70 bits per heavy atom. The minimum absolute atomic E-state index is 0.0447. The van der Waals surface area contributed by atoms with Crippen molar-refractivity contribution in [1.82, 2.24) is 5.32 Å². The van der Waals surface area contributed by atoms with Gasteiger partial charge in [0.25, 0.3) is 5.91 Å². The minimum Gasteiger partial charge on any atom is -0.484 e. The molecule has 2 bridgehead atoms. The molecule has 23 heavy (non-hydrogen) atoms. The van der Waals surface area contributed by atoms with E-state index in [2.05, 4.69) is 5.32 Å². The summed E-state index contributed by atoms with van der Waals surface area (Å²) in [5, 5.41) is 3.89. The van der Waals surface area contributed by atoms with Crippen molar-refractivity contribution in [3.63, 3.8) is 0 Å². The summed E-state index contributed by atoms with van der Waals surface area (Å²) in [5.41, 5.74) is 7.08. The number of aryl methyl sites for hydroxylation is 1. The summed E-state index contributed by atoms with van der Waals surface area (Å²) in [5.74, 6) is 1.68. The number of hydrogen-bond acceptors (Lipinski definition) is 3. The van der Waals surface area contributed by atoms with Crippen LogP contribution in [0.5, 0.6) is 5.75 Å². The first-order valence-corrected chi connectivity index (χ1v) is 8.84. The van der Waals surface area contributed by atoms with Gasteiger partial charge in [0, 0.05) is 17.1 Å². The number of rotatable bonds is 4. The first-order valence-electron chi connectivity index (χ1n) is 8.47. The Morgan fingerprint density at radius 1 is 1.35 bits per heavy atom. The second-order valence-electron chi connectivity index (χ2n) is 6.98. The zero-order valence-corrected chi connectivity index (χ0v) is 14.3. The van der Waals surface area contributed by atoms with Crippen molar-refractivity contribution in [2.24, 2.45) is 17.6 Å². The summed E-state index contributed by atoms with van der Waals surface area (Å²) in [7, 11) is 0. The van der Waals surface area contributed by atoms with Crippen LogP contribution in [0.2, 0.25) is 5.02 Å². The van der Waals surface area contributed by atoms with Crippen LogP contribution in [0.4, 0.5) is 0 Å². The highest BCUT2D eigenvalue weighted by atomic mass is 35.5. The van der Waals surface area contributed by atoms with Gasteiger partial charge in [-0.2, -0.15) is 0 Å². The average molecular weight is 337 g/mol. The number of carbonyl (C=O) groups excluding carboxylic acids is 1. The van der Waals surface area contributed by atoms with Gasteiger partial charge in [-0.1, -0.05) is 18.0 Å². The predicted octanol–water partition coefficient (Wildman–Crippen LogP) is 3.05. The number of nitrogens with one attached hydrogen (secondary N) is 1. The van der Waals surface area contributed by atoms with Crippen molar-refractivity contribution in [1.29, 1.82) is 0 Å². The van der Waals surface area contributed by atoms with Gasteiger partial charge in [-0.25, -0.2) is 0 Å². The van der Waals surface area contributed by atoms with Crippen LogP contribution in [-0.2, 0) is 4.79 Å². The molecule has 0 heterocycles. The van der Waals surface area contributed by atoms with Crippen LogP contribution in [0.15, 0.2) is 18.2 Å².